The third kappa shape index (κ3) is 5.47. The Labute approximate surface area is 226 Å². The number of aromatic nitrogens is 2. The fraction of sp³-hybridized carbons (Fsp3) is 0.556. The Morgan fingerprint density at radius 3 is 2.51 bits per heavy atom. The van der Waals surface area contributed by atoms with E-state index in [9.17, 15) is 18.4 Å². The smallest absolute Gasteiger partial charge is 0.342 e. The molecule has 2 aliphatic heterocycles. The first kappa shape index (κ1) is 27.0. The van der Waals surface area contributed by atoms with Gasteiger partial charge in [-0.25, -0.2) is 4.98 Å². The van der Waals surface area contributed by atoms with Gasteiger partial charge in [0, 0.05) is 44.8 Å². The molecule has 1 saturated carbocycles. The van der Waals surface area contributed by atoms with Crippen LogP contribution in [0.3, 0.4) is 0 Å². The molecule has 3 heterocycles. The number of carbonyl (C=O) groups is 2. The summed E-state index contributed by atoms with van der Waals surface area (Å²) in [5, 5.41) is 3.12. The zero-order chi connectivity index (χ0) is 27.7. The van der Waals surface area contributed by atoms with E-state index < -0.39 is 18.4 Å². The molecular weight excluding hydrogens is 508 g/mol. The van der Waals surface area contributed by atoms with Crippen LogP contribution in [-0.4, -0.2) is 97.5 Å². The van der Waals surface area contributed by atoms with Crippen LogP contribution in [0.4, 0.5) is 31.9 Å². The number of benzene rings is 1. The van der Waals surface area contributed by atoms with Crippen LogP contribution in [0.1, 0.15) is 42.5 Å². The van der Waals surface area contributed by atoms with Crippen molar-refractivity contribution in [2.45, 2.75) is 44.1 Å². The largest absolute Gasteiger partial charge is 0.495 e. The number of hydrogen-bond acceptors (Lipinski definition) is 8. The summed E-state index contributed by atoms with van der Waals surface area (Å²) in [6, 6.07) is 4.98. The number of rotatable bonds is 5. The number of alkyl halides is 2. The van der Waals surface area contributed by atoms with E-state index in [1.807, 2.05) is 11.9 Å². The highest BCUT2D eigenvalue weighted by Gasteiger charge is 2.48. The average Bonchev–Trinajstić information content (AvgIpc) is 3.02. The molecule has 2 fully saturated rings. The van der Waals surface area contributed by atoms with Gasteiger partial charge in [-0.1, -0.05) is 19.3 Å². The number of nitrogens with zero attached hydrogens (tertiary/aromatic N) is 6. The highest BCUT2D eigenvalue weighted by molar-refractivity contribution is 6.02. The van der Waals surface area contributed by atoms with Crippen LogP contribution in [-0.2, 0) is 4.79 Å². The van der Waals surface area contributed by atoms with Gasteiger partial charge >= 0.3 is 5.92 Å². The molecule has 5 rings (SSSR count). The molecule has 0 radical (unpaired) electrons. The molecule has 0 unspecified atom stereocenters. The van der Waals surface area contributed by atoms with Crippen LogP contribution < -0.4 is 19.9 Å². The van der Waals surface area contributed by atoms with Gasteiger partial charge in [-0.2, -0.15) is 13.8 Å². The number of nitrogens with one attached hydrogen (secondary N) is 1. The summed E-state index contributed by atoms with van der Waals surface area (Å²) in [5.74, 6) is -3.98. The number of halogens is 2. The number of methoxy groups -OCH3 is 1. The zero-order valence-electron chi connectivity index (χ0n) is 22.6. The first-order valence-corrected chi connectivity index (χ1v) is 13.4. The Balaban J connectivity index is 1.43. The van der Waals surface area contributed by atoms with Gasteiger partial charge in [-0.05, 0) is 38.1 Å². The average molecular weight is 544 g/mol. The van der Waals surface area contributed by atoms with Gasteiger partial charge in [-0.3, -0.25) is 9.59 Å². The number of fused-ring (bicyclic) bond motifs is 1. The number of piperazine rings is 1. The molecule has 3 aliphatic rings. The van der Waals surface area contributed by atoms with Crippen molar-refractivity contribution in [1.82, 2.24) is 19.8 Å². The fourth-order valence-electron chi connectivity index (χ4n) is 5.52. The summed E-state index contributed by atoms with van der Waals surface area (Å²) in [5.41, 5.74) is 1.28. The third-order valence-corrected chi connectivity index (χ3v) is 7.87. The standard InChI is InChI=1S/C27H35F2N7O3/c1-33-11-13-35(14-12-33)24(37)18-9-10-20(22(15-18)39-3)31-26-30-16-21-23(32-26)36(19-7-5-4-6-8-19)17-27(28,29)25(38)34(21)2/h9-10,15-16,19H,4-8,11-14,17H2,1-3H3,(H,30,31,32). The Bertz CT molecular complexity index is 1230. The quantitative estimate of drug-likeness (QED) is 0.614. The van der Waals surface area contributed by atoms with Gasteiger partial charge in [-0.15, -0.1) is 0 Å². The van der Waals surface area contributed by atoms with E-state index in [4.69, 9.17) is 4.74 Å². The van der Waals surface area contributed by atoms with Crippen LogP contribution >= 0.6 is 0 Å². The number of amides is 2. The van der Waals surface area contributed by atoms with Gasteiger partial charge in [0.05, 0.1) is 25.5 Å². The van der Waals surface area contributed by atoms with Crippen molar-refractivity contribution in [3.8, 4) is 5.75 Å². The predicted octanol–water partition coefficient (Wildman–Crippen LogP) is 3.37. The molecule has 1 aliphatic carbocycles. The van der Waals surface area contributed by atoms with Crippen molar-refractivity contribution in [1.29, 1.82) is 0 Å². The van der Waals surface area contributed by atoms with Crippen LogP contribution in [0.2, 0.25) is 0 Å². The summed E-state index contributed by atoms with van der Waals surface area (Å²) in [4.78, 5) is 41.1. The van der Waals surface area contributed by atoms with Crippen LogP contribution in [0.25, 0.3) is 0 Å². The second kappa shape index (κ2) is 10.9. The molecule has 1 N–H and O–H groups in total. The van der Waals surface area contributed by atoms with E-state index in [0.29, 0.717) is 35.9 Å². The minimum atomic E-state index is -3.55. The molecule has 10 nitrogen and oxygen atoms in total. The lowest BCUT2D eigenvalue weighted by Gasteiger charge is -2.35. The third-order valence-electron chi connectivity index (χ3n) is 7.87. The van der Waals surface area contributed by atoms with Gasteiger partial charge in [0.2, 0.25) is 5.95 Å². The van der Waals surface area contributed by atoms with Gasteiger partial charge in [0.25, 0.3) is 11.8 Å². The van der Waals surface area contributed by atoms with Crippen molar-refractivity contribution >= 4 is 35.0 Å². The Morgan fingerprint density at radius 1 is 1.10 bits per heavy atom. The number of ether oxygens (including phenoxy) is 1. The Morgan fingerprint density at radius 2 is 1.82 bits per heavy atom. The van der Waals surface area contributed by atoms with E-state index in [1.165, 1.54) is 20.4 Å². The number of hydrogen-bond donors (Lipinski definition) is 1. The van der Waals surface area contributed by atoms with Gasteiger partial charge in [0.15, 0.2) is 5.82 Å². The van der Waals surface area contributed by atoms with E-state index in [0.717, 1.165) is 50.1 Å². The monoisotopic (exact) mass is 543 g/mol. The van der Waals surface area contributed by atoms with E-state index in [-0.39, 0.29) is 23.6 Å². The van der Waals surface area contributed by atoms with Crippen molar-refractivity contribution in [3.05, 3.63) is 30.0 Å². The van der Waals surface area contributed by atoms with E-state index >= 15 is 0 Å². The van der Waals surface area contributed by atoms with E-state index in [2.05, 4.69) is 20.2 Å². The normalized spacial score (nSPS) is 20.4. The minimum Gasteiger partial charge on any atom is -0.495 e. The number of likely N-dealkylation sites (N-methyl/N-ethyl adjacent to an activating group) is 1. The fourth-order valence-corrected chi connectivity index (χ4v) is 5.52. The molecule has 39 heavy (non-hydrogen) atoms. The maximum Gasteiger partial charge on any atom is 0.342 e. The van der Waals surface area contributed by atoms with Crippen molar-refractivity contribution in [2.24, 2.45) is 0 Å². The summed E-state index contributed by atoms with van der Waals surface area (Å²) in [6.45, 7) is 2.24. The Hall–Kier alpha value is -3.54. The number of carbonyl (C=O) groups excluding carboxylic acids is 2. The van der Waals surface area contributed by atoms with Crippen LogP contribution in [0.5, 0.6) is 5.75 Å². The van der Waals surface area contributed by atoms with Crippen molar-refractivity contribution < 1.29 is 23.1 Å². The zero-order valence-corrected chi connectivity index (χ0v) is 22.6. The molecule has 1 saturated heterocycles. The van der Waals surface area contributed by atoms with Crippen molar-refractivity contribution in [2.75, 3.05) is 69.0 Å². The molecule has 1 aromatic carbocycles. The molecule has 210 valence electrons. The SMILES string of the molecule is COc1cc(C(=O)N2CCN(C)CC2)ccc1Nc1ncc2c(n1)N(C1CCCCC1)CC(F)(F)C(=O)N2C. The molecule has 2 aromatic rings. The molecule has 1 aromatic heterocycles. The molecule has 12 heteroatoms. The van der Waals surface area contributed by atoms with Crippen molar-refractivity contribution in [3.63, 3.8) is 0 Å². The summed E-state index contributed by atoms with van der Waals surface area (Å²) in [6.07, 6.45) is 5.87. The summed E-state index contributed by atoms with van der Waals surface area (Å²) in [7, 11) is 4.87. The van der Waals surface area contributed by atoms with E-state index in [1.54, 1.807) is 23.1 Å². The lowest BCUT2D eigenvalue weighted by molar-refractivity contribution is -0.140. The highest BCUT2D eigenvalue weighted by Crippen LogP contribution is 2.39. The van der Waals surface area contributed by atoms with Crippen LogP contribution in [0, 0.1) is 0 Å². The minimum absolute atomic E-state index is 0.0639. The molecule has 0 bridgehead atoms. The Kier molecular flexibility index (Phi) is 7.57. The lowest BCUT2D eigenvalue weighted by Crippen LogP contribution is -2.49. The lowest BCUT2D eigenvalue weighted by atomic mass is 9.94. The summed E-state index contributed by atoms with van der Waals surface area (Å²) < 4.78 is 35.4. The molecular formula is C27H35F2N7O3. The second-order valence-electron chi connectivity index (χ2n) is 10.5. The van der Waals surface area contributed by atoms with Gasteiger partial charge in [0.1, 0.15) is 11.4 Å². The summed E-state index contributed by atoms with van der Waals surface area (Å²) >= 11 is 0. The topological polar surface area (TPSA) is 94.1 Å². The molecule has 2 amide bonds. The maximum atomic E-state index is 14.9. The second-order valence-corrected chi connectivity index (χ2v) is 10.5. The van der Waals surface area contributed by atoms with Gasteiger partial charge < -0.3 is 29.7 Å². The maximum absolute atomic E-state index is 14.9. The first-order chi connectivity index (χ1) is 18.7. The first-order valence-electron chi connectivity index (χ1n) is 13.4. The predicted molar refractivity (Wildman–Crippen MR) is 144 cm³/mol. The van der Waals surface area contributed by atoms with Crippen LogP contribution in [0.15, 0.2) is 24.4 Å². The molecule has 0 atom stereocenters. The number of anilines is 4. The molecule has 0 spiro atoms. The highest BCUT2D eigenvalue weighted by atomic mass is 19.3.